The second-order valence-electron chi connectivity index (χ2n) is 6.18. The first kappa shape index (κ1) is 15.3. The zero-order valence-corrected chi connectivity index (χ0v) is 12.7. The van der Waals surface area contributed by atoms with Gasteiger partial charge >= 0.3 is 0 Å². The van der Waals surface area contributed by atoms with E-state index < -0.39 is 0 Å². The Morgan fingerprint density at radius 3 is 2.84 bits per heavy atom. The van der Waals surface area contributed by atoms with Gasteiger partial charge in [0.05, 0.1) is 5.60 Å². The van der Waals surface area contributed by atoms with E-state index >= 15 is 0 Å². The third-order valence-electron chi connectivity index (χ3n) is 4.80. The molecule has 1 aliphatic carbocycles. The van der Waals surface area contributed by atoms with Gasteiger partial charge in [0.25, 0.3) is 0 Å². The van der Waals surface area contributed by atoms with Gasteiger partial charge in [0.1, 0.15) is 0 Å². The standard InChI is InChI=1S/C16H31NO2/c1-3-10-17-15(7-11-18-4-2)14-6-12-19-16(13-14)8-5-9-16/h14-15,17H,3-13H2,1-2H3. The molecule has 1 saturated carbocycles. The van der Waals surface area contributed by atoms with Crippen molar-refractivity contribution in [2.75, 3.05) is 26.4 Å². The highest BCUT2D eigenvalue weighted by atomic mass is 16.5. The predicted molar refractivity (Wildman–Crippen MR) is 78.4 cm³/mol. The maximum atomic E-state index is 6.05. The lowest BCUT2D eigenvalue weighted by Gasteiger charge is -2.49. The van der Waals surface area contributed by atoms with Gasteiger partial charge in [0.2, 0.25) is 0 Å². The Bertz CT molecular complexity index is 253. The highest BCUT2D eigenvalue weighted by Crippen LogP contribution is 2.45. The minimum atomic E-state index is 0.265. The van der Waals surface area contributed by atoms with Gasteiger partial charge in [-0.1, -0.05) is 6.92 Å². The first-order chi connectivity index (χ1) is 9.29. The molecule has 2 atom stereocenters. The molecule has 2 aliphatic rings. The molecule has 0 aromatic carbocycles. The molecule has 1 heterocycles. The summed E-state index contributed by atoms with van der Waals surface area (Å²) in [4.78, 5) is 0. The molecule has 1 spiro atoms. The van der Waals surface area contributed by atoms with E-state index in [-0.39, 0.29) is 5.60 Å². The zero-order valence-electron chi connectivity index (χ0n) is 12.7. The Balaban J connectivity index is 1.84. The Labute approximate surface area is 118 Å². The van der Waals surface area contributed by atoms with E-state index in [1.807, 2.05) is 0 Å². The Hall–Kier alpha value is -0.120. The number of hydrogen-bond donors (Lipinski definition) is 1. The van der Waals surface area contributed by atoms with Gasteiger partial charge in [0.15, 0.2) is 0 Å². The van der Waals surface area contributed by atoms with Gasteiger partial charge in [-0.3, -0.25) is 0 Å². The molecule has 3 nitrogen and oxygen atoms in total. The highest BCUT2D eigenvalue weighted by molar-refractivity contribution is 4.96. The van der Waals surface area contributed by atoms with Crippen LogP contribution < -0.4 is 5.32 Å². The van der Waals surface area contributed by atoms with E-state index in [4.69, 9.17) is 9.47 Å². The van der Waals surface area contributed by atoms with E-state index in [9.17, 15) is 0 Å². The molecule has 112 valence electrons. The molecule has 0 amide bonds. The van der Waals surface area contributed by atoms with Crippen molar-refractivity contribution < 1.29 is 9.47 Å². The Morgan fingerprint density at radius 2 is 2.21 bits per heavy atom. The van der Waals surface area contributed by atoms with Crippen LogP contribution in [0.3, 0.4) is 0 Å². The lowest BCUT2D eigenvalue weighted by molar-refractivity contribution is -0.147. The quantitative estimate of drug-likeness (QED) is 0.687. The van der Waals surface area contributed by atoms with Gasteiger partial charge in [0, 0.05) is 25.9 Å². The van der Waals surface area contributed by atoms with Gasteiger partial charge in [-0.2, -0.15) is 0 Å². The van der Waals surface area contributed by atoms with Crippen LogP contribution in [0.5, 0.6) is 0 Å². The summed E-state index contributed by atoms with van der Waals surface area (Å²) in [6.07, 6.45) is 8.77. The van der Waals surface area contributed by atoms with Crippen LogP contribution in [0.1, 0.15) is 58.8 Å². The van der Waals surface area contributed by atoms with Crippen LogP contribution in [0.2, 0.25) is 0 Å². The van der Waals surface area contributed by atoms with Crippen molar-refractivity contribution in [3.63, 3.8) is 0 Å². The van der Waals surface area contributed by atoms with Crippen LogP contribution in [-0.2, 0) is 9.47 Å². The van der Waals surface area contributed by atoms with Crippen LogP contribution >= 0.6 is 0 Å². The van der Waals surface area contributed by atoms with Gasteiger partial charge < -0.3 is 14.8 Å². The van der Waals surface area contributed by atoms with Crippen LogP contribution in [0.25, 0.3) is 0 Å². The van der Waals surface area contributed by atoms with Crippen molar-refractivity contribution in [2.45, 2.75) is 70.4 Å². The number of rotatable bonds is 8. The molecule has 3 heteroatoms. The molecule has 2 unspecified atom stereocenters. The monoisotopic (exact) mass is 269 g/mol. The summed E-state index contributed by atoms with van der Waals surface area (Å²) in [5.41, 5.74) is 0.265. The summed E-state index contributed by atoms with van der Waals surface area (Å²) in [5, 5.41) is 3.75. The van der Waals surface area contributed by atoms with E-state index in [2.05, 4.69) is 19.2 Å². The topological polar surface area (TPSA) is 30.5 Å². The third-order valence-corrected chi connectivity index (χ3v) is 4.80. The molecule has 1 saturated heterocycles. The van der Waals surface area contributed by atoms with E-state index in [0.717, 1.165) is 38.7 Å². The second-order valence-corrected chi connectivity index (χ2v) is 6.18. The summed E-state index contributed by atoms with van der Waals surface area (Å²) >= 11 is 0. The fourth-order valence-corrected chi connectivity index (χ4v) is 3.52. The fourth-order valence-electron chi connectivity index (χ4n) is 3.52. The maximum absolute atomic E-state index is 6.05. The SMILES string of the molecule is CCCNC(CCOCC)C1CCOC2(CCC2)C1. The molecule has 1 aliphatic heterocycles. The van der Waals surface area contributed by atoms with Crippen LogP contribution in [-0.4, -0.2) is 38.0 Å². The Morgan fingerprint density at radius 1 is 1.37 bits per heavy atom. The molecule has 2 rings (SSSR count). The molecule has 0 radical (unpaired) electrons. The normalized spacial score (nSPS) is 27.2. The van der Waals surface area contributed by atoms with Crippen molar-refractivity contribution in [3.05, 3.63) is 0 Å². The number of nitrogens with one attached hydrogen (secondary N) is 1. The fraction of sp³-hybridized carbons (Fsp3) is 1.00. The summed E-state index contributed by atoms with van der Waals surface area (Å²) in [6.45, 7) is 8.13. The van der Waals surface area contributed by atoms with Crippen molar-refractivity contribution in [2.24, 2.45) is 5.92 Å². The van der Waals surface area contributed by atoms with Crippen molar-refractivity contribution in [1.82, 2.24) is 5.32 Å². The molecular weight excluding hydrogens is 238 g/mol. The summed E-state index contributed by atoms with van der Waals surface area (Å²) in [7, 11) is 0. The summed E-state index contributed by atoms with van der Waals surface area (Å²) in [6, 6.07) is 0.618. The maximum Gasteiger partial charge on any atom is 0.0685 e. The van der Waals surface area contributed by atoms with E-state index in [1.54, 1.807) is 0 Å². The van der Waals surface area contributed by atoms with Crippen molar-refractivity contribution >= 4 is 0 Å². The predicted octanol–water partition coefficient (Wildman–Crippen LogP) is 3.13. The largest absolute Gasteiger partial charge is 0.382 e. The first-order valence-corrected chi connectivity index (χ1v) is 8.25. The molecule has 2 fully saturated rings. The molecule has 19 heavy (non-hydrogen) atoms. The van der Waals surface area contributed by atoms with E-state index in [1.165, 1.54) is 38.5 Å². The lowest BCUT2D eigenvalue weighted by Crippen LogP contribution is -2.50. The molecule has 0 bridgehead atoms. The van der Waals surface area contributed by atoms with Crippen LogP contribution in [0.4, 0.5) is 0 Å². The smallest absolute Gasteiger partial charge is 0.0685 e. The van der Waals surface area contributed by atoms with Crippen molar-refractivity contribution in [1.29, 1.82) is 0 Å². The Kier molecular flexibility index (Phi) is 6.11. The number of ether oxygens (including phenoxy) is 2. The van der Waals surface area contributed by atoms with Crippen LogP contribution in [0.15, 0.2) is 0 Å². The average molecular weight is 269 g/mol. The summed E-state index contributed by atoms with van der Waals surface area (Å²) in [5.74, 6) is 0.779. The first-order valence-electron chi connectivity index (χ1n) is 8.25. The van der Waals surface area contributed by atoms with E-state index in [0.29, 0.717) is 6.04 Å². The molecule has 0 aromatic rings. The molecule has 0 aromatic heterocycles. The highest BCUT2D eigenvalue weighted by Gasteiger charge is 2.44. The summed E-state index contributed by atoms with van der Waals surface area (Å²) < 4.78 is 11.6. The third kappa shape index (κ3) is 4.17. The second kappa shape index (κ2) is 7.61. The van der Waals surface area contributed by atoms with Crippen LogP contribution in [0, 0.1) is 5.92 Å². The van der Waals surface area contributed by atoms with Gasteiger partial charge in [-0.15, -0.1) is 0 Å². The minimum Gasteiger partial charge on any atom is -0.382 e. The lowest BCUT2D eigenvalue weighted by atomic mass is 9.70. The van der Waals surface area contributed by atoms with Gasteiger partial charge in [-0.05, 0) is 64.3 Å². The van der Waals surface area contributed by atoms with Crippen molar-refractivity contribution in [3.8, 4) is 0 Å². The minimum absolute atomic E-state index is 0.265. The molecule has 1 N–H and O–H groups in total. The zero-order chi connectivity index (χ0) is 13.6. The number of hydrogen-bond acceptors (Lipinski definition) is 3. The molecular formula is C16H31NO2. The van der Waals surface area contributed by atoms with Gasteiger partial charge in [-0.25, -0.2) is 0 Å². The average Bonchev–Trinajstić information content (AvgIpc) is 2.41.